The molecule has 0 radical (unpaired) electrons. The summed E-state index contributed by atoms with van der Waals surface area (Å²) in [6.07, 6.45) is 2.09. The van der Waals surface area contributed by atoms with Crippen molar-refractivity contribution in [3.8, 4) is 0 Å². The molecule has 2 aromatic carbocycles. The lowest BCUT2D eigenvalue weighted by atomic mass is 10.2. The molecule has 4 rings (SSSR count). The number of ether oxygens (including phenoxy) is 1. The van der Waals surface area contributed by atoms with Crippen LogP contribution in [0.3, 0.4) is 0 Å². The fourth-order valence-corrected chi connectivity index (χ4v) is 4.46. The van der Waals surface area contributed by atoms with Crippen LogP contribution in [0.1, 0.15) is 12.8 Å². The van der Waals surface area contributed by atoms with Crippen molar-refractivity contribution in [2.45, 2.75) is 31.6 Å². The summed E-state index contributed by atoms with van der Waals surface area (Å²) in [4.78, 5) is 0. The summed E-state index contributed by atoms with van der Waals surface area (Å²) in [6, 6.07) is 12.6. The quantitative estimate of drug-likeness (QED) is 0.546. The van der Waals surface area contributed by atoms with E-state index in [2.05, 4.69) is 78.1 Å². The van der Waals surface area contributed by atoms with Gasteiger partial charge >= 0.3 is 0 Å². The number of hydrogen-bond donors (Lipinski definition) is 2. The van der Waals surface area contributed by atoms with Gasteiger partial charge in [0.2, 0.25) is 0 Å². The summed E-state index contributed by atoms with van der Waals surface area (Å²) < 4.78 is 9.95. The van der Waals surface area contributed by atoms with E-state index in [1.54, 1.807) is 0 Å². The summed E-state index contributed by atoms with van der Waals surface area (Å²) in [5.74, 6) is 0. The molecule has 0 aliphatic carbocycles. The zero-order valence-corrected chi connectivity index (χ0v) is 17.6. The number of halogens is 2. The number of hydrogen-bond acceptors (Lipinski definition) is 3. The Balaban J connectivity index is 1.56. The zero-order chi connectivity index (χ0) is 18.1. The van der Waals surface area contributed by atoms with Crippen molar-refractivity contribution in [1.29, 1.82) is 0 Å². The van der Waals surface area contributed by atoms with Gasteiger partial charge in [-0.2, -0.15) is 0 Å². The first-order valence-electron chi connectivity index (χ1n) is 8.99. The largest absolute Gasteiger partial charge is 0.390 e. The molecule has 6 heteroatoms. The lowest BCUT2D eigenvalue weighted by molar-refractivity contribution is 0.101. The second-order valence-electron chi connectivity index (χ2n) is 6.88. The van der Waals surface area contributed by atoms with Gasteiger partial charge in [0, 0.05) is 50.4 Å². The lowest BCUT2D eigenvalue weighted by Crippen LogP contribution is -2.34. The van der Waals surface area contributed by atoms with Gasteiger partial charge in [-0.05, 0) is 49.2 Å². The predicted molar refractivity (Wildman–Crippen MR) is 113 cm³/mol. The van der Waals surface area contributed by atoms with Gasteiger partial charge in [0.25, 0.3) is 0 Å². The molecular formula is C20H22Br2N2O2. The first-order chi connectivity index (χ1) is 12.6. The molecule has 1 aliphatic rings. The third kappa shape index (κ3) is 3.85. The van der Waals surface area contributed by atoms with Crippen LogP contribution >= 0.6 is 31.9 Å². The average Bonchev–Trinajstić information content (AvgIpc) is 3.22. The number of benzene rings is 2. The van der Waals surface area contributed by atoms with Crippen LogP contribution in [0.25, 0.3) is 21.8 Å². The summed E-state index contributed by atoms with van der Waals surface area (Å²) in [7, 11) is 0. The SMILES string of the molecule is O[C@@H](CNC[C@@H]1CCCO1)Cn1c2ccc(Br)cc2c2cc(Br)ccc21. The number of nitrogens with zero attached hydrogens (tertiary/aromatic N) is 1. The van der Waals surface area contributed by atoms with E-state index in [4.69, 9.17) is 4.74 Å². The van der Waals surface area contributed by atoms with Crippen molar-refractivity contribution < 1.29 is 9.84 Å². The van der Waals surface area contributed by atoms with Crippen molar-refractivity contribution in [3.63, 3.8) is 0 Å². The first kappa shape index (κ1) is 18.4. The average molecular weight is 482 g/mol. The fourth-order valence-electron chi connectivity index (χ4n) is 3.74. The Morgan fingerprint density at radius 3 is 2.35 bits per heavy atom. The normalized spacial score (nSPS) is 18.8. The van der Waals surface area contributed by atoms with Crippen LogP contribution in [0, 0.1) is 0 Å². The second kappa shape index (κ2) is 7.98. The molecule has 2 heterocycles. The number of aromatic nitrogens is 1. The maximum Gasteiger partial charge on any atom is 0.0843 e. The highest BCUT2D eigenvalue weighted by Crippen LogP contribution is 2.33. The predicted octanol–water partition coefficient (Wildman–Crippen LogP) is 4.45. The van der Waals surface area contributed by atoms with Crippen LogP contribution in [0.2, 0.25) is 0 Å². The number of fused-ring (bicyclic) bond motifs is 3. The molecule has 3 aromatic rings. The molecule has 26 heavy (non-hydrogen) atoms. The van der Waals surface area contributed by atoms with Gasteiger partial charge in [-0.15, -0.1) is 0 Å². The van der Waals surface area contributed by atoms with Gasteiger partial charge in [-0.25, -0.2) is 0 Å². The second-order valence-corrected chi connectivity index (χ2v) is 8.71. The molecule has 2 atom stereocenters. The van der Waals surface area contributed by atoms with Crippen LogP contribution < -0.4 is 5.32 Å². The number of nitrogens with one attached hydrogen (secondary N) is 1. The standard InChI is InChI=1S/C20H22Br2N2O2/c21-13-3-5-19-17(8-13)18-9-14(22)4-6-20(18)24(19)12-15(25)10-23-11-16-2-1-7-26-16/h3-6,8-9,15-16,23,25H,1-2,7,10-12H2/t15-,16-/m0/s1. The van der Waals surface area contributed by atoms with E-state index in [1.807, 2.05) is 0 Å². The molecule has 0 unspecified atom stereocenters. The maximum atomic E-state index is 10.6. The molecule has 0 spiro atoms. The molecule has 4 nitrogen and oxygen atoms in total. The smallest absolute Gasteiger partial charge is 0.0843 e. The molecule has 1 saturated heterocycles. The van der Waals surface area contributed by atoms with Crippen molar-refractivity contribution in [1.82, 2.24) is 9.88 Å². The van der Waals surface area contributed by atoms with Crippen LogP contribution in [-0.4, -0.2) is 41.6 Å². The molecule has 138 valence electrons. The zero-order valence-electron chi connectivity index (χ0n) is 14.4. The summed E-state index contributed by atoms with van der Waals surface area (Å²) in [6.45, 7) is 2.79. The first-order valence-corrected chi connectivity index (χ1v) is 10.6. The van der Waals surface area contributed by atoms with E-state index in [9.17, 15) is 5.11 Å². The minimum atomic E-state index is -0.456. The Morgan fingerprint density at radius 1 is 1.12 bits per heavy atom. The van der Waals surface area contributed by atoms with E-state index in [1.165, 1.54) is 10.8 Å². The van der Waals surface area contributed by atoms with E-state index >= 15 is 0 Å². The molecule has 0 bridgehead atoms. The number of rotatable bonds is 6. The Labute approximate surface area is 169 Å². The van der Waals surface area contributed by atoms with Gasteiger partial charge in [-0.1, -0.05) is 31.9 Å². The Bertz CT molecular complexity index is 860. The summed E-state index contributed by atoms with van der Waals surface area (Å²) >= 11 is 7.14. The van der Waals surface area contributed by atoms with Crippen LogP contribution in [0.4, 0.5) is 0 Å². The Morgan fingerprint density at radius 2 is 1.77 bits per heavy atom. The van der Waals surface area contributed by atoms with E-state index < -0.39 is 6.10 Å². The fraction of sp³-hybridized carbons (Fsp3) is 0.400. The molecule has 2 N–H and O–H groups in total. The monoisotopic (exact) mass is 480 g/mol. The highest BCUT2D eigenvalue weighted by atomic mass is 79.9. The number of aliphatic hydroxyl groups excluding tert-OH is 1. The third-order valence-corrected chi connectivity index (χ3v) is 5.94. The van der Waals surface area contributed by atoms with Crippen LogP contribution in [0.5, 0.6) is 0 Å². The number of aliphatic hydroxyl groups is 1. The molecule has 1 fully saturated rings. The summed E-state index contributed by atoms with van der Waals surface area (Å²) in [5.41, 5.74) is 2.28. The summed E-state index contributed by atoms with van der Waals surface area (Å²) in [5, 5.41) is 16.3. The van der Waals surface area contributed by atoms with Crippen LogP contribution in [0.15, 0.2) is 45.3 Å². The minimum absolute atomic E-state index is 0.296. The Hall–Kier alpha value is -0.920. The van der Waals surface area contributed by atoms with Gasteiger partial charge in [0.15, 0.2) is 0 Å². The van der Waals surface area contributed by atoms with E-state index in [-0.39, 0.29) is 0 Å². The van der Waals surface area contributed by atoms with Gasteiger partial charge in [0.1, 0.15) is 0 Å². The van der Waals surface area contributed by atoms with E-state index in [0.29, 0.717) is 19.2 Å². The molecule has 0 saturated carbocycles. The molecular weight excluding hydrogens is 460 g/mol. The molecule has 1 aliphatic heterocycles. The topological polar surface area (TPSA) is 46.4 Å². The van der Waals surface area contributed by atoms with Crippen molar-refractivity contribution in [2.24, 2.45) is 0 Å². The lowest BCUT2D eigenvalue weighted by Gasteiger charge is -2.16. The van der Waals surface area contributed by atoms with Crippen molar-refractivity contribution >= 4 is 53.7 Å². The van der Waals surface area contributed by atoms with Gasteiger partial charge < -0.3 is 19.7 Å². The van der Waals surface area contributed by atoms with Gasteiger partial charge in [0.05, 0.1) is 18.8 Å². The molecule has 1 aromatic heterocycles. The highest BCUT2D eigenvalue weighted by molar-refractivity contribution is 9.10. The van der Waals surface area contributed by atoms with Crippen LogP contribution in [-0.2, 0) is 11.3 Å². The third-order valence-electron chi connectivity index (χ3n) is 4.96. The Kier molecular flexibility index (Phi) is 5.66. The van der Waals surface area contributed by atoms with Crippen molar-refractivity contribution in [3.05, 3.63) is 45.3 Å². The van der Waals surface area contributed by atoms with Gasteiger partial charge in [-0.3, -0.25) is 0 Å². The maximum absolute atomic E-state index is 10.6. The van der Waals surface area contributed by atoms with Crippen molar-refractivity contribution in [2.75, 3.05) is 19.7 Å². The highest BCUT2D eigenvalue weighted by Gasteiger charge is 2.17. The molecule has 0 amide bonds. The minimum Gasteiger partial charge on any atom is -0.390 e. The van der Waals surface area contributed by atoms with E-state index in [0.717, 1.165) is 46.0 Å².